The molecule has 1 amide bonds. The molecule has 3 rings (SSSR count). The molecule has 2 aromatic carbocycles. The molecule has 0 N–H and O–H groups in total. The van der Waals surface area contributed by atoms with Gasteiger partial charge in [-0.2, -0.15) is 0 Å². The Bertz CT molecular complexity index is 775. The van der Waals surface area contributed by atoms with Gasteiger partial charge >= 0.3 is 5.91 Å². The van der Waals surface area contributed by atoms with E-state index in [9.17, 15) is 18.4 Å². The van der Waals surface area contributed by atoms with Gasteiger partial charge < -0.3 is 0 Å². The second-order valence-corrected chi connectivity index (χ2v) is 5.51. The summed E-state index contributed by atoms with van der Waals surface area (Å²) in [5.41, 5.74) is 1.36. The summed E-state index contributed by atoms with van der Waals surface area (Å²) in [5, 5.41) is 0. The number of hydrogen-bond acceptors (Lipinski definition) is 3. The van der Waals surface area contributed by atoms with Crippen LogP contribution < -0.4 is 4.90 Å². The van der Waals surface area contributed by atoms with Crippen molar-refractivity contribution < 1.29 is 18.4 Å². The lowest BCUT2D eigenvalue weighted by atomic mass is 10.1. The average Bonchev–Trinajstić information content (AvgIpc) is 2.74. The van der Waals surface area contributed by atoms with Crippen molar-refractivity contribution in [3.05, 3.63) is 65.2 Å². The molecule has 0 spiro atoms. The molecular formula is C17H14F2N2O2. The zero-order chi connectivity index (χ0) is 16.6. The first-order chi connectivity index (χ1) is 11.0. The van der Waals surface area contributed by atoms with Crippen molar-refractivity contribution in [1.29, 1.82) is 0 Å². The number of fused-ring (bicyclic) bond motifs is 1. The van der Waals surface area contributed by atoms with Crippen LogP contribution in [0.5, 0.6) is 0 Å². The molecule has 4 nitrogen and oxygen atoms in total. The minimum absolute atomic E-state index is 0.137. The van der Waals surface area contributed by atoms with Gasteiger partial charge in [0.2, 0.25) is 0 Å². The molecule has 1 heterocycles. The first-order valence-electron chi connectivity index (χ1n) is 7.04. The van der Waals surface area contributed by atoms with Crippen LogP contribution in [0.25, 0.3) is 0 Å². The van der Waals surface area contributed by atoms with Crippen molar-refractivity contribution in [2.45, 2.75) is 6.54 Å². The van der Waals surface area contributed by atoms with Crippen molar-refractivity contribution >= 4 is 17.4 Å². The molecular weight excluding hydrogens is 302 g/mol. The smallest absolute Gasteiger partial charge is 0.291 e. The molecule has 1 aliphatic heterocycles. The molecule has 0 unspecified atom stereocenters. The molecule has 1 aliphatic rings. The van der Waals surface area contributed by atoms with Gasteiger partial charge in [0, 0.05) is 6.54 Å². The van der Waals surface area contributed by atoms with E-state index in [1.165, 1.54) is 29.2 Å². The maximum Gasteiger partial charge on any atom is 0.300 e. The molecule has 0 fully saturated rings. The summed E-state index contributed by atoms with van der Waals surface area (Å²) in [5.74, 6) is -2.12. The van der Waals surface area contributed by atoms with E-state index in [4.69, 9.17) is 0 Å². The molecule has 0 saturated carbocycles. The predicted molar refractivity (Wildman–Crippen MR) is 81.0 cm³/mol. The SMILES string of the molecule is CN(Cc1ccc(F)cc1)CN1C(=O)C(=O)c2ccc(F)cc21. The third-order valence-corrected chi connectivity index (χ3v) is 3.68. The molecule has 0 aliphatic carbocycles. The van der Waals surface area contributed by atoms with Crippen LogP contribution >= 0.6 is 0 Å². The Morgan fingerprint density at radius 2 is 1.65 bits per heavy atom. The van der Waals surface area contributed by atoms with Gasteiger partial charge in [0.25, 0.3) is 5.78 Å². The second kappa shape index (κ2) is 5.89. The monoisotopic (exact) mass is 316 g/mol. The van der Waals surface area contributed by atoms with Crippen LogP contribution in [0.4, 0.5) is 14.5 Å². The van der Waals surface area contributed by atoms with Crippen molar-refractivity contribution in [3.63, 3.8) is 0 Å². The van der Waals surface area contributed by atoms with Gasteiger partial charge in [0.1, 0.15) is 11.6 Å². The first kappa shape index (κ1) is 15.3. The normalized spacial score (nSPS) is 13.8. The Hall–Kier alpha value is -2.60. The van der Waals surface area contributed by atoms with Gasteiger partial charge in [-0.1, -0.05) is 12.1 Å². The van der Waals surface area contributed by atoms with Crippen LogP contribution in [-0.2, 0) is 11.3 Å². The van der Waals surface area contributed by atoms with E-state index in [-0.39, 0.29) is 23.7 Å². The van der Waals surface area contributed by atoms with E-state index in [1.807, 2.05) is 0 Å². The summed E-state index contributed by atoms with van der Waals surface area (Å²) in [6.07, 6.45) is 0. The zero-order valence-corrected chi connectivity index (χ0v) is 12.4. The average molecular weight is 316 g/mol. The zero-order valence-electron chi connectivity index (χ0n) is 12.4. The van der Waals surface area contributed by atoms with E-state index in [0.717, 1.165) is 11.6 Å². The van der Waals surface area contributed by atoms with Gasteiger partial charge in [0.05, 0.1) is 17.9 Å². The summed E-state index contributed by atoms with van der Waals surface area (Å²) in [6, 6.07) is 9.69. The van der Waals surface area contributed by atoms with Crippen LogP contribution in [0.3, 0.4) is 0 Å². The van der Waals surface area contributed by atoms with Crippen molar-refractivity contribution in [2.24, 2.45) is 0 Å². The first-order valence-corrected chi connectivity index (χ1v) is 7.04. The number of halogens is 2. The van der Waals surface area contributed by atoms with Gasteiger partial charge in [-0.25, -0.2) is 8.78 Å². The Kier molecular flexibility index (Phi) is 3.92. The lowest BCUT2D eigenvalue weighted by molar-refractivity contribution is -0.114. The Morgan fingerprint density at radius 3 is 2.35 bits per heavy atom. The van der Waals surface area contributed by atoms with Crippen LogP contribution in [0.1, 0.15) is 15.9 Å². The highest BCUT2D eigenvalue weighted by Crippen LogP contribution is 2.29. The largest absolute Gasteiger partial charge is 0.300 e. The van der Waals surface area contributed by atoms with Gasteiger partial charge in [-0.05, 0) is 42.9 Å². The fourth-order valence-corrected chi connectivity index (χ4v) is 2.60. The third-order valence-electron chi connectivity index (χ3n) is 3.68. The number of benzene rings is 2. The van der Waals surface area contributed by atoms with Crippen LogP contribution in [0.2, 0.25) is 0 Å². The standard InChI is InChI=1S/C17H14F2N2O2/c1-20(9-11-2-4-12(18)5-3-11)10-21-15-8-13(19)6-7-14(15)16(22)17(21)23/h2-8H,9-10H2,1H3. The number of rotatable bonds is 4. The number of nitrogens with zero attached hydrogens (tertiary/aromatic N) is 2. The fraction of sp³-hybridized carbons (Fsp3) is 0.176. The number of anilines is 1. The van der Waals surface area contributed by atoms with E-state index in [1.54, 1.807) is 24.1 Å². The highest BCUT2D eigenvalue weighted by atomic mass is 19.1. The number of hydrogen-bond donors (Lipinski definition) is 0. The summed E-state index contributed by atoms with van der Waals surface area (Å²) in [7, 11) is 1.76. The molecule has 0 aromatic heterocycles. The second-order valence-electron chi connectivity index (χ2n) is 5.51. The Balaban J connectivity index is 1.77. The molecule has 118 valence electrons. The number of Topliss-reactive ketones (excluding diaryl/α,β-unsaturated/α-hetero) is 1. The maximum absolute atomic E-state index is 13.4. The van der Waals surface area contributed by atoms with Crippen molar-refractivity contribution in [2.75, 3.05) is 18.6 Å². The molecule has 6 heteroatoms. The Morgan fingerprint density at radius 1 is 1.00 bits per heavy atom. The van der Waals surface area contributed by atoms with Crippen LogP contribution in [-0.4, -0.2) is 30.3 Å². The molecule has 0 bridgehead atoms. The van der Waals surface area contributed by atoms with Gasteiger partial charge in [-0.3, -0.25) is 19.4 Å². The molecule has 0 atom stereocenters. The minimum Gasteiger partial charge on any atom is -0.291 e. The predicted octanol–water partition coefficient (Wildman–Crippen LogP) is 2.58. The molecule has 2 aromatic rings. The number of ketones is 1. The maximum atomic E-state index is 13.4. The lowest BCUT2D eigenvalue weighted by Gasteiger charge is -2.24. The Labute approximate surface area is 131 Å². The third kappa shape index (κ3) is 2.98. The van der Waals surface area contributed by atoms with Gasteiger partial charge in [-0.15, -0.1) is 0 Å². The van der Waals surface area contributed by atoms with E-state index in [0.29, 0.717) is 6.54 Å². The molecule has 23 heavy (non-hydrogen) atoms. The highest BCUT2D eigenvalue weighted by Gasteiger charge is 2.36. The van der Waals surface area contributed by atoms with Crippen LogP contribution in [0, 0.1) is 11.6 Å². The van der Waals surface area contributed by atoms with Crippen molar-refractivity contribution in [1.82, 2.24) is 4.90 Å². The fourth-order valence-electron chi connectivity index (χ4n) is 2.60. The summed E-state index contributed by atoms with van der Waals surface area (Å²) in [4.78, 5) is 27.0. The van der Waals surface area contributed by atoms with E-state index >= 15 is 0 Å². The lowest BCUT2D eigenvalue weighted by Crippen LogP contribution is -2.38. The number of carbonyl (C=O) groups excluding carboxylic acids is 2. The van der Waals surface area contributed by atoms with E-state index < -0.39 is 17.5 Å². The number of carbonyl (C=O) groups is 2. The van der Waals surface area contributed by atoms with Crippen molar-refractivity contribution in [3.8, 4) is 0 Å². The molecule has 0 radical (unpaired) electrons. The summed E-state index contributed by atoms with van der Waals surface area (Å²) >= 11 is 0. The summed E-state index contributed by atoms with van der Waals surface area (Å²) in [6.45, 7) is 0.599. The minimum atomic E-state index is -0.670. The topological polar surface area (TPSA) is 40.6 Å². The number of amides is 1. The van der Waals surface area contributed by atoms with Crippen LogP contribution in [0.15, 0.2) is 42.5 Å². The summed E-state index contributed by atoms with van der Waals surface area (Å²) < 4.78 is 26.3. The van der Waals surface area contributed by atoms with E-state index in [2.05, 4.69) is 0 Å². The van der Waals surface area contributed by atoms with Gasteiger partial charge in [0.15, 0.2) is 0 Å². The molecule has 0 saturated heterocycles. The highest BCUT2D eigenvalue weighted by molar-refractivity contribution is 6.52. The quantitative estimate of drug-likeness (QED) is 0.814.